The molecule has 0 bridgehead atoms. The molecule has 1 heteroatoms. The molecule has 0 unspecified atom stereocenters. The van der Waals surface area contributed by atoms with Gasteiger partial charge in [0.15, 0.2) is 0 Å². The van der Waals surface area contributed by atoms with Gasteiger partial charge in [-0.15, -0.1) is 0 Å². The van der Waals surface area contributed by atoms with Crippen molar-refractivity contribution >= 4 is 0 Å². The highest BCUT2D eigenvalue weighted by Gasteiger charge is 2.47. The summed E-state index contributed by atoms with van der Waals surface area (Å²) in [7, 11) is 0. The number of pyridine rings is 1. The molecular formula is C11H13N. The normalized spacial score (nSPS) is 23.7. The third-order valence-electron chi connectivity index (χ3n) is 3.35. The fraction of sp³-hybridized carbons (Fsp3) is 0.545. The van der Waals surface area contributed by atoms with Crippen molar-refractivity contribution in [2.45, 2.75) is 37.5 Å². The molecule has 0 radical (unpaired) electrons. The first-order chi connectivity index (χ1) is 5.91. The standard InChI is InChI=1S/C11H13N/c1-3-9-4-2-8-12-10(9)11(5-1)6-7-11/h2,4,8H,1,3,5-7H2. The fourth-order valence-electron chi connectivity index (χ4n) is 2.49. The van der Waals surface area contributed by atoms with E-state index in [1.807, 2.05) is 6.20 Å². The third kappa shape index (κ3) is 0.767. The van der Waals surface area contributed by atoms with E-state index >= 15 is 0 Å². The lowest BCUT2D eigenvalue weighted by Crippen LogP contribution is -2.17. The number of fused-ring (bicyclic) bond motifs is 2. The van der Waals surface area contributed by atoms with Gasteiger partial charge in [0.05, 0.1) is 0 Å². The van der Waals surface area contributed by atoms with Crippen LogP contribution in [0.5, 0.6) is 0 Å². The zero-order valence-corrected chi connectivity index (χ0v) is 7.21. The van der Waals surface area contributed by atoms with Crippen LogP contribution in [0.2, 0.25) is 0 Å². The second-order valence-electron chi connectivity index (χ2n) is 4.15. The van der Waals surface area contributed by atoms with Gasteiger partial charge in [-0.05, 0) is 43.7 Å². The van der Waals surface area contributed by atoms with Crippen LogP contribution in [0.4, 0.5) is 0 Å². The molecule has 0 aromatic carbocycles. The van der Waals surface area contributed by atoms with Gasteiger partial charge in [0.1, 0.15) is 0 Å². The van der Waals surface area contributed by atoms with Crippen molar-refractivity contribution in [2.75, 3.05) is 0 Å². The fourth-order valence-corrected chi connectivity index (χ4v) is 2.49. The van der Waals surface area contributed by atoms with Gasteiger partial charge in [-0.25, -0.2) is 0 Å². The van der Waals surface area contributed by atoms with Crippen molar-refractivity contribution in [2.24, 2.45) is 0 Å². The van der Waals surface area contributed by atoms with Crippen molar-refractivity contribution in [3.05, 3.63) is 29.6 Å². The minimum Gasteiger partial charge on any atom is -0.260 e. The van der Waals surface area contributed by atoms with Crippen LogP contribution in [0, 0.1) is 0 Å². The van der Waals surface area contributed by atoms with E-state index in [1.54, 1.807) is 0 Å². The van der Waals surface area contributed by atoms with Crippen LogP contribution in [-0.4, -0.2) is 4.98 Å². The van der Waals surface area contributed by atoms with E-state index in [9.17, 15) is 0 Å². The molecule has 1 spiro atoms. The summed E-state index contributed by atoms with van der Waals surface area (Å²) in [5.41, 5.74) is 3.49. The van der Waals surface area contributed by atoms with Crippen molar-refractivity contribution in [3.63, 3.8) is 0 Å². The predicted octanol–water partition coefficient (Wildman–Crippen LogP) is 2.45. The second kappa shape index (κ2) is 2.09. The lowest BCUT2D eigenvalue weighted by molar-refractivity contribution is 0.525. The Balaban J connectivity index is 2.16. The van der Waals surface area contributed by atoms with E-state index < -0.39 is 0 Å². The molecular weight excluding hydrogens is 146 g/mol. The maximum absolute atomic E-state index is 4.53. The van der Waals surface area contributed by atoms with Crippen LogP contribution >= 0.6 is 0 Å². The van der Waals surface area contributed by atoms with Gasteiger partial charge >= 0.3 is 0 Å². The number of aromatic nitrogens is 1. The Bertz CT molecular complexity index is 313. The van der Waals surface area contributed by atoms with Gasteiger partial charge in [0.2, 0.25) is 0 Å². The summed E-state index contributed by atoms with van der Waals surface area (Å²) in [5, 5.41) is 0. The van der Waals surface area contributed by atoms with E-state index in [0.717, 1.165) is 0 Å². The monoisotopic (exact) mass is 159 g/mol. The first kappa shape index (κ1) is 6.64. The molecule has 3 rings (SSSR count). The van der Waals surface area contributed by atoms with Gasteiger partial charge < -0.3 is 0 Å². The molecule has 1 nitrogen and oxygen atoms in total. The van der Waals surface area contributed by atoms with E-state index in [-0.39, 0.29) is 0 Å². The summed E-state index contributed by atoms with van der Waals surface area (Å²) in [5.74, 6) is 0. The smallest absolute Gasteiger partial charge is 0.0497 e. The van der Waals surface area contributed by atoms with E-state index in [0.29, 0.717) is 5.41 Å². The molecule has 2 aliphatic carbocycles. The maximum atomic E-state index is 4.53. The van der Waals surface area contributed by atoms with Crippen molar-refractivity contribution in [1.29, 1.82) is 0 Å². The predicted molar refractivity (Wildman–Crippen MR) is 48.1 cm³/mol. The quantitative estimate of drug-likeness (QED) is 0.566. The number of hydrogen-bond donors (Lipinski definition) is 0. The van der Waals surface area contributed by atoms with Crippen LogP contribution in [0.3, 0.4) is 0 Å². The molecule has 1 heterocycles. The van der Waals surface area contributed by atoms with Crippen LogP contribution in [0.15, 0.2) is 18.3 Å². The van der Waals surface area contributed by atoms with Crippen molar-refractivity contribution in [3.8, 4) is 0 Å². The SMILES string of the molecule is c1cnc2c(c1)CCCC21CC1. The summed E-state index contributed by atoms with van der Waals surface area (Å²) >= 11 is 0. The van der Waals surface area contributed by atoms with Gasteiger partial charge in [-0.3, -0.25) is 4.98 Å². The van der Waals surface area contributed by atoms with Gasteiger partial charge in [-0.2, -0.15) is 0 Å². The van der Waals surface area contributed by atoms with E-state index in [1.165, 1.54) is 43.4 Å². The summed E-state index contributed by atoms with van der Waals surface area (Å²) < 4.78 is 0. The van der Waals surface area contributed by atoms with Crippen LogP contribution in [0.1, 0.15) is 36.9 Å². The first-order valence-electron chi connectivity index (χ1n) is 4.85. The molecule has 2 aliphatic rings. The Labute approximate surface area is 72.8 Å². The van der Waals surface area contributed by atoms with E-state index in [4.69, 9.17) is 0 Å². The highest BCUT2D eigenvalue weighted by molar-refractivity contribution is 5.35. The van der Waals surface area contributed by atoms with Gasteiger partial charge in [0, 0.05) is 17.3 Å². The first-order valence-corrected chi connectivity index (χ1v) is 4.85. The molecule has 1 fully saturated rings. The minimum atomic E-state index is 0.550. The Kier molecular flexibility index (Phi) is 1.16. The van der Waals surface area contributed by atoms with Crippen molar-refractivity contribution in [1.82, 2.24) is 4.98 Å². The Morgan fingerprint density at radius 2 is 2.17 bits per heavy atom. The molecule has 1 aromatic rings. The minimum absolute atomic E-state index is 0.550. The zero-order valence-electron chi connectivity index (χ0n) is 7.21. The number of aryl methyl sites for hydroxylation is 1. The van der Waals surface area contributed by atoms with Crippen molar-refractivity contribution < 1.29 is 0 Å². The average molecular weight is 159 g/mol. The van der Waals surface area contributed by atoms with Gasteiger partial charge in [0.25, 0.3) is 0 Å². The van der Waals surface area contributed by atoms with Crippen LogP contribution < -0.4 is 0 Å². The summed E-state index contributed by atoms with van der Waals surface area (Å²) in [4.78, 5) is 4.53. The lowest BCUT2D eigenvalue weighted by Gasteiger charge is -2.23. The number of rotatable bonds is 0. The Morgan fingerprint density at radius 3 is 3.00 bits per heavy atom. The third-order valence-corrected chi connectivity index (χ3v) is 3.35. The molecule has 1 saturated carbocycles. The molecule has 1 aromatic heterocycles. The van der Waals surface area contributed by atoms with Crippen LogP contribution in [0.25, 0.3) is 0 Å². The highest BCUT2D eigenvalue weighted by Crippen LogP contribution is 2.54. The molecule has 0 amide bonds. The summed E-state index contributed by atoms with van der Waals surface area (Å²) in [6.07, 6.45) is 8.74. The molecule has 12 heavy (non-hydrogen) atoms. The molecule has 0 N–H and O–H groups in total. The molecule has 0 saturated heterocycles. The Morgan fingerprint density at radius 1 is 1.25 bits per heavy atom. The topological polar surface area (TPSA) is 12.9 Å². The summed E-state index contributed by atoms with van der Waals surface area (Å²) in [6, 6.07) is 4.32. The Hall–Kier alpha value is -0.850. The number of nitrogens with zero attached hydrogens (tertiary/aromatic N) is 1. The zero-order chi connectivity index (χ0) is 8.02. The second-order valence-corrected chi connectivity index (χ2v) is 4.15. The molecule has 62 valence electrons. The summed E-state index contributed by atoms with van der Waals surface area (Å²) in [6.45, 7) is 0. The maximum Gasteiger partial charge on any atom is 0.0497 e. The van der Waals surface area contributed by atoms with E-state index in [2.05, 4.69) is 17.1 Å². The lowest BCUT2D eigenvalue weighted by atomic mass is 9.84. The highest BCUT2D eigenvalue weighted by atomic mass is 14.7. The van der Waals surface area contributed by atoms with Gasteiger partial charge in [-0.1, -0.05) is 6.07 Å². The van der Waals surface area contributed by atoms with Crippen LogP contribution in [-0.2, 0) is 11.8 Å². The molecule has 0 atom stereocenters. The largest absolute Gasteiger partial charge is 0.260 e. The molecule has 0 aliphatic heterocycles. The average Bonchev–Trinajstić information content (AvgIpc) is 2.87. The number of hydrogen-bond acceptors (Lipinski definition) is 1.